The van der Waals surface area contributed by atoms with Gasteiger partial charge in [0.2, 0.25) is 6.79 Å². The fraction of sp³-hybridized carbons (Fsp3) is 0.182. The minimum absolute atomic E-state index is 0.0885. The van der Waals surface area contributed by atoms with Gasteiger partial charge in [0.25, 0.3) is 5.91 Å². The van der Waals surface area contributed by atoms with Gasteiger partial charge in [-0.1, -0.05) is 24.3 Å². The topological polar surface area (TPSA) is 54.9 Å². The van der Waals surface area contributed by atoms with Gasteiger partial charge >= 0.3 is 0 Å². The van der Waals surface area contributed by atoms with Crippen LogP contribution in [0.4, 0.5) is 11.5 Å². The second-order valence-corrected chi connectivity index (χ2v) is 6.71. The van der Waals surface area contributed by atoms with Crippen LogP contribution in [0.2, 0.25) is 0 Å². The van der Waals surface area contributed by atoms with Gasteiger partial charge in [0.1, 0.15) is 5.82 Å². The van der Waals surface area contributed by atoms with Crippen LogP contribution < -0.4 is 19.3 Å². The number of rotatable bonds is 5. The molecule has 0 bridgehead atoms. The second kappa shape index (κ2) is 7.60. The van der Waals surface area contributed by atoms with Crippen molar-refractivity contribution in [3.63, 3.8) is 0 Å². The molecule has 0 aliphatic carbocycles. The van der Waals surface area contributed by atoms with E-state index in [1.165, 1.54) is 0 Å². The first-order chi connectivity index (χ1) is 13.6. The first kappa shape index (κ1) is 17.9. The average Bonchev–Trinajstić information content (AvgIpc) is 3.20. The van der Waals surface area contributed by atoms with E-state index in [2.05, 4.69) is 4.98 Å². The molecule has 0 spiro atoms. The third kappa shape index (κ3) is 3.62. The number of pyridine rings is 1. The molecule has 0 N–H and O–H groups in total. The van der Waals surface area contributed by atoms with Gasteiger partial charge in [-0.15, -0.1) is 0 Å². The van der Waals surface area contributed by atoms with Crippen molar-refractivity contribution in [2.45, 2.75) is 6.54 Å². The normalized spacial score (nSPS) is 11.9. The van der Waals surface area contributed by atoms with E-state index in [0.29, 0.717) is 17.9 Å². The van der Waals surface area contributed by atoms with Gasteiger partial charge in [0, 0.05) is 31.5 Å². The van der Waals surface area contributed by atoms with Gasteiger partial charge in [-0.3, -0.25) is 4.79 Å². The molecule has 1 amide bonds. The van der Waals surface area contributed by atoms with Gasteiger partial charge in [-0.2, -0.15) is 0 Å². The highest BCUT2D eigenvalue weighted by Crippen LogP contribution is 2.33. The largest absolute Gasteiger partial charge is 0.454 e. The number of amides is 1. The van der Waals surface area contributed by atoms with E-state index in [-0.39, 0.29) is 12.7 Å². The van der Waals surface area contributed by atoms with Gasteiger partial charge in [0.15, 0.2) is 11.5 Å². The Morgan fingerprint density at radius 1 is 1.00 bits per heavy atom. The Labute approximate surface area is 163 Å². The summed E-state index contributed by atoms with van der Waals surface area (Å²) in [6.45, 7) is 0.642. The van der Waals surface area contributed by atoms with E-state index in [1.807, 2.05) is 67.5 Å². The fourth-order valence-corrected chi connectivity index (χ4v) is 3.06. The first-order valence-corrected chi connectivity index (χ1v) is 9.00. The highest BCUT2D eigenvalue weighted by molar-refractivity contribution is 6.06. The standard InChI is InChI=1S/C22H21N3O3/c1-24(2)21-13-17(10-11-23-21)22(26)25(18-6-4-3-5-7-18)14-16-8-9-19-20(12-16)28-15-27-19/h3-13H,14-15H2,1-2H3. The maximum atomic E-state index is 13.4. The molecule has 0 saturated heterocycles. The maximum absolute atomic E-state index is 13.4. The molecular formula is C22H21N3O3. The van der Waals surface area contributed by atoms with Crippen LogP contribution >= 0.6 is 0 Å². The van der Waals surface area contributed by atoms with Crippen molar-refractivity contribution in [1.29, 1.82) is 0 Å². The summed E-state index contributed by atoms with van der Waals surface area (Å²) in [5.41, 5.74) is 2.38. The molecular weight excluding hydrogens is 354 g/mol. The number of fused-ring (bicyclic) bond motifs is 1. The molecule has 0 unspecified atom stereocenters. The lowest BCUT2D eigenvalue weighted by Gasteiger charge is -2.24. The van der Waals surface area contributed by atoms with E-state index in [1.54, 1.807) is 23.2 Å². The molecule has 2 heterocycles. The van der Waals surface area contributed by atoms with E-state index in [0.717, 1.165) is 22.8 Å². The molecule has 0 fully saturated rings. The number of ether oxygens (including phenoxy) is 2. The summed E-state index contributed by atoms with van der Waals surface area (Å²) in [5, 5.41) is 0. The summed E-state index contributed by atoms with van der Waals surface area (Å²) in [5.74, 6) is 2.08. The van der Waals surface area contributed by atoms with Crippen molar-refractivity contribution in [3.05, 3.63) is 78.0 Å². The molecule has 0 radical (unpaired) electrons. The van der Waals surface area contributed by atoms with Crippen molar-refractivity contribution in [2.24, 2.45) is 0 Å². The fourth-order valence-electron chi connectivity index (χ4n) is 3.06. The molecule has 28 heavy (non-hydrogen) atoms. The lowest BCUT2D eigenvalue weighted by atomic mass is 10.1. The number of hydrogen-bond acceptors (Lipinski definition) is 5. The number of anilines is 2. The number of benzene rings is 2. The summed E-state index contributed by atoms with van der Waals surface area (Å²) < 4.78 is 10.9. The van der Waals surface area contributed by atoms with Crippen LogP contribution in [0.5, 0.6) is 11.5 Å². The molecule has 1 aromatic heterocycles. The molecule has 1 aliphatic rings. The average molecular weight is 375 g/mol. The monoisotopic (exact) mass is 375 g/mol. The highest BCUT2D eigenvalue weighted by atomic mass is 16.7. The summed E-state index contributed by atoms with van der Waals surface area (Å²) in [4.78, 5) is 21.3. The number of aromatic nitrogens is 1. The van der Waals surface area contributed by atoms with Crippen LogP contribution in [-0.4, -0.2) is 31.8 Å². The molecule has 1 aliphatic heterocycles. The Morgan fingerprint density at radius 2 is 1.79 bits per heavy atom. The zero-order valence-corrected chi connectivity index (χ0v) is 15.8. The molecule has 2 aromatic carbocycles. The van der Waals surface area contributed by atoms with E-state index >= 15 is 0 Å². The minimum Gasteiger partial charge on any atom is -0.454 e. The summed E-state index contributed by atoms with van der Waals surface area (Å²) in [6.07, 6.45) is 1.66. The smallest absolute Gasteiger partial charge is 0.258 e. The Hall–Kier alpha value is -3.54. The van der Waals surface area contributed by atoms with E-state index in [9.17, 15) is 4.79 Å². The number of nitrogens with zero attached hydrogens (tertiary/aromatic N) is 3. The maximum Gasteiger partial charge on any atom is 0.258 e. The quantitative estimate of drug-likeness (QED) is 0.680. The van der Waals surface area contributed by atoms with Crippen molar-refractivity contribution in [2.75, 3.05) is 30.7 Å². The Kier molecular flexibility index (Phi) is 4.85. The lowest BCUT2D eigenvalue weighted by molar-refractivity contribution is 0.0985. The van der Waals surface area contributed by atoms with Crippen molar-refractivity contribution < 1.29 is 14.3 Å². The molecule has 142 valence electrons. The van der Waals surface area contributed by atoms with Gasteiger partial charge in [0.05, 0.1) is 6.54 Å². The zero-order chi connectivity index (χ0) is 19.5. The predicted molar refractivity (Wildman–Crippen MR) is 108 cm³/mol. The SMILES string of the molecule is CN(C)c1cc(C(=O)N(Cc2ccc3c(c2)OCO3)c2ccccc2)ccn1. The van der Waals surface area contributed by atoms with E-state index in [4.69, 9.17) is 9.47 Å². The third-order valence-corrected chi connectivity index (χ3v) is 4.54. The molecule has 3 aromatic rings. The first-order valence-electron chi connectivity index (χ1n) is 9.00. The summed E-state index contributed by atoms with van der Waals surface area (Å²) >= 11 is 0. The molecule has 0 atom stereocenters. The number of hydrogen-bond donors (Lipinski definition) is 0. The molecule has 6 heteroatoms. The minimum atomic E-state index is -0.0885. The lowest BCUT2D eigenvalue weighted by Crippen LogP contribution is -2.30. The van der Waals surface area contributed by atoms with Crippen LogP contribution in [-0.2, 0) is 6.54 Å². The number of carbonyl (C=O) groups excluding carboxylic acids is 1. The number of carbonyl (C=O) groups is 1. The molecule has 0 saturated carbocycles. The van der Waals surface area contributed by atoms with Crippen molar-refractivity contribution >= 4 is 17.4 Å². The summed E-state index contributed by atoms with van der Waals surface area (Å²) in [7, 11) is 3.80. The predicted octanol–water partition coefficient (Wildman–Crippen LogP) is 3.72. The molecule has 4 rings (SSSR count). The van der Waals surface area contributed by atoms with Crippen LogP contribution in [0.3, 0.4) is 0 Å². The van der Waals surface area contributed by atoms with Crippen LogP contribution in [0.1, 0.15) is 15.9 Å². The zero-order valence-electron chi connectivity index (χ0n) is 15.8. The van der Waals surface area contributed by atoms with Crippen molar-refractivity contribution in [1.82, 2.24) is 4.98 Å². The van der Waals surface area contributed by atoms with E-state index < -0.39 is 0 Å². The van der Waals surface area contributed by atoms with Gasteiger partial charge in [-0.05, 0) is 42.0 Å². The Bertz CT molecular complexity index is 989. The van der Waals surface area contributed by atoms with Crippen LogP contribution in [0, 0.1) is 0 Å². The summed E-state index contributed by atoms with van der Waals surface area (Å²) in [6, 6.07) is 18.9. The number of para-hydroxylation sites is 1. The third-order valence-electron chi connectivity index (χ3n) is 4.54. The van der Waals surface area contributed by atoms with Crippen LogP contribution in [0.25, 0.3) is 0 Å². The van der Waals surface area contributed by atoms with Gasteiger partial charge in [-0.25, -0.2) is 4.98 Å². The highest BCUT2D eigenvalue weighted by Gasteiger charge is 2.21. The second-order valence-electron chi connectivity index (χ2n) is 6.71. The van der Waals surface area contributed by atoms with Crippen LogP contribution in [0.15, 0.2) is 66.9 Å². The Morgan fingerprint density at radius 3 is 2.57 bits per heavy atom. The van der Waals surface area contributed by atoms with Crippen molar-refractivity contribution in [3.8, 4) is 11.5 Å². The van der Waals surface area contributed by atoms with Gasteiger partial charge < -0.3 is 19.3 Å². The molecule has 6 nitrogen and oxygen atoms in total. The Balaban J connectivity index is 1.68.